The Morgan fingerprint density at radius 1 is 1.20 bits per heavy atom. The van der Waals surface area contributed by atoms with Crippen LogP contribution in [0.2, 0.25) is 0 Å². The molecule has 112 valence electrons. The summed E-state index contributed by atoms with van der Waals surface area (Å²) in [7, 11) is -3.08. The van der Waals surface area contributed by atoms with E-state index in [1.807, 2.05) is 12.1 Å². The molecule has 1 aliphatic rings. The monoisotopic (exact) mass is 313 g/mol. The fourth-order valence-electron chi connectivity index (χ4n) is 2.48. The van der Waals surface area contributed by atoms with Crippen molar-refractivity contribution in [2.45, 2.75) is 47.9 Å². The van der Waals surface area contributed by atoms with E-state index in [4.69, 9.17) is 0 Å². The van der Waals surface area contributed by atoms with Crippen molar-refractivity contribution in [1.29, 1.82) is 0 Å². The number of sulfone groups is 1. The molecule has 0 saturated heterocycles. The molecule has 2 rings (SSSR count). The summed E-state index contributed by atoms with van der Waals surface area (Å²) in [4.78, 5) is 1.53. The molecule has 0 unspecified atom stereocenters. The van der Waals surface area contributed by atoms with Gasteiger partial charge in [0.15, 0.2) is 9.84 Å². The number of hydrogen-bond acceptors (Lipinski definition) is 4. The average molecular weight is 313 g/mol. The van der Waals surface area contributed by atoms with Gasteiger partial charge < -0.3 is 5.32 Å². The Labute approximate surface area is 126 Å². The van der Waals surface area contributed by atoms with Crippen LogP contribution in [0.25, 0.3) is 0 Å². The van der Waals surface area contributed by atoms with Crippen molar-refractivity contribution in [2.75, 3.05) is 18.6 Å². The molecule has 0 aliphatic heterocycles. The largest absolute Gasteiger partial charge is 0.314 e. The molecule has 0 atom stereocenters. The third-order valence-electron chi connectivity index (χ3n) is 3.63. The highest BCUT2D eigenvalue weighted by molar-refractivity contribution is 7.99. The number of nitrogens with one attached hydrogen (secondary N) is 1. The van der Waals surface area contributed by atoms with E-state index in [-0.39, 0.29) is 0 Å². The van der Waals surface area contributed by atoms with E-state index in [0.29, 0.717) is 4.90 Å². The zero-order chi connectivity index (χ0) is 14.4. The Bertz CT molecular complexity index is 505. The van der Waals surface area contributed by atoms with Gasteiger partial charge in [-0.05, 0) is 55.8 Å². The lowest BCUT2D eigenvalue weighted by Crippen LogP contribution is -2.27. The third-order valence-corrected chi connectivity index (χ3v) is 5.86. The molecule has 5 heteroatoms. The summed E-state index contributed by atoms with van der Waals surface area (Å²) < 4.78 is 22.7. The van der Waals surface area contributed by atoms with Gasteiger partial charge in [0.2, 0.25) is 0 Å². The van der Waals surface area contributed by atoms with Gasteiger partial charge in [0.1, 0.15) is 0 Å². The lowest BCUT2D eigenvalue weighted by molar-refractivity contribution is 0.525. The van der Waals surface area contributed by atoms with Crippen molar-refractivity contribution >= 4 is 21.6 Å². The molecular formula is C15H23NO2S2. The van der Waals surface area contributed by atoms with Gasteiger partial charge in [-0.3, -0.25) is 0 Å². The fourth-order valence-corrected chi connectivity index (χ4v) is 3.96. The van der Waals surface area contributed by atoms with E-state index in [0.717, 1.165) is 29.7 Å². The first kappa shape index (κ1) is 15.9. The van der Waals surface area contributed by atoms with Crippen LogP contribution in [-0.2, 0) is 9.84 Å². The second-order valence-electron chi connectivity index (χ2n) is 5.38. The van der Waals surface area contributed by atoms with E-state index in [1.165, 1.54) is 31.9 Å². The zero-order valence-corrected chi connectivity index (χ0v) is 13.6. The van der Waals surface area contributed by atoms with Crippen molar-refractivity contribution in [3.05, 3.63) is 24.3 Å². The highest BCUT2D eigenvalue weighted by Gasteiger charge is 2.13. The van der Waals surface area contributed by atoms with Crippen LogP contribution in [-0.4, -0.2) is 33.0 Å². The topological polar surface area (TPSA) is 46.2 Å². The molecule has 20 heavy (non-hydrogen) atoms. The number of benzene rings is 1. The van der Waals surface area contributed by atoms with Gasteiger partial charge in [-0.15, -0.1) is 11.8 Å². The molecule has 0 aromatic heterocycles. The van der Waals surface area contributed by atoms with Gasteiger partial charge in [-0.25, -0.2) is 8.42 Å². The maximum Gasteiger partial charge on any atom is 0.175 e. The second-order valence-corrected chi connectivity index (χ2v) is 8.57. The minimum Gasteiger partial charge on any atom is -0.314 e. The molecule has 0 bridgehead atoms. The Balaban J connectivity index is 1.66. The standard InChI is InChI=1S/C15H23NO2S2/c1-20(17,18)15-9-7-14(8-10-15)19-12-4-11-16-13-5-2-3-6-13/h7-10,13,16H,2-6,11-12H2,1H3. The average Bonchev–Trinajstić information content (AvgIpc) is 2.91. The van der Waals surface area contributed by atoms with Crippen LogP contribution in [0.3, 0.4) is 0 Å². The van der Waals surface area contributed by atoms with Gasteiger partial charge in [-0.1, -0.05) is 12.8 Å². The molecule has 0 spiro atoms. The molecule has 1 saturated carbocycles. The van der Waals surface area contributed by atoms with Crippen LogP contribution in [0.4, 0.5) is 0 Å². The van der Waals surface area contributed by atoms with Crippen LogP contribution in [0.15, 0.2) is 34.1 Å². The van der Waals surface area contributed by atoms with Crippen LogP contribution < -0.4 is 5.32 Å². The normalized spacial score (nSPS) is 16.6. The molecule has 1 aromatic rings. The van der Waals surface area contributed by atoms with E-state index >= 15 is 0 Å². The Kier molecular flexibility index (Phi) is 5.93. The molecule has 1 aromatic carbocycles. The minimum atomic E-state index is -3.08. The zero-order valence-electron chi connectivity index (χ0n) is 12.0. The van der Waals surface area contributed by atoms with E-state index in [2.05, 4.69) is 5.32 Å². The summed E-state index contributed by atoms with van der Waals surface area (Å²) >= 11 is 1.79. The van der Waals surface area contributed by atoms with Crippen molar-refractivity contribution < 1.29 is 8.42 Å². The molecule has 1 N–H and O–H groups in total. The molecular weight excluding hydrogens is 290 g/mol. The predicted molar refractivity (Wildman–Crippen MR) is 85.2 cm³/mol. The van der Waals surface area contributed by atoms with Crippen LogP contribution in [0.5, 0.6) is 0 Å². The number of hydrogen-bond donors (Lipinski definition) is 1. The molecule has 3 nitrogen and oxygen atoms in total. The van der Waals surface area contributed by atoms with E-state index < -0.39 is 9.84 Å². The van der Waals surface area contributed by atoms with Crippen molar-refractivity contribution in [3.63, 3.8) is 0 Å². The summed E-state index contributed by atoms with van der Waals surface area (Å²) in [5, 5.41) is 3.60. The first-order valence-corrected chi connectivity index (χ1v) is 10.1. The molecule has 1 fully saturated rings. The Morgan fingerprint density at radius 3 is 2.45 bits per heavy atom. The van der Waals surface area contributed by atoms with Crippen molar-refractivity contribution in [3.8, 4) is 0 Å². The summed E-state index contributed by atoms with van der Waals surface area (Å²) in [6.07, 6.45) is 7.80. The Hall–Kier alpha value is -0.520. The van der Waals surface area contributed by atoms with Gasteiger partial charge in [0.05, 0.1) is 4.90 Å². The van der Waals surface area contributed by atoms with E-state index in [9.17, 15) is 8.42 Å². The smallest absolute Gasteiger partial charge is 0.175 e. The van der Waals surface area contributed by atoms with Crippen LogP contribution in [0.1, 0.15) is 32.1 Å². The fraction of sp³-hybridized carbons (Fsp3) is 0.600. The highest BCUT2D eigenvalue weighted by Crippen LogP contribution is 2.21. The number of thioether (sulfide) groups is 1. The lowest BCUT2D eigenvalue weighted by atomic mass is 10.2. The maximum atomic E-state index is 11.4. The summed E-state index contributed by atoms with van der Waals surface area (Å²) in [6, 6.07) is 7.91. The predicted octanol–water partition coefficient (Wildman–Crippen LogP) is 3.10. The van der Waals surface area contributed by atoms with Gasteiger partial charge >= 0.3 is 0 Å². The quantitative estimate of drug-likeness (QED) is 0.620. The number of rotatable bonds is 7. The van der Waals surface area contributed by atoms with Gasteiger partial charge in [0.25, 0.3) is 0 Å². The molecule has 0 radical (unpaired) electrons. The maximum absolute atomic E-state index is 11.4. The van der Waals surface area contributed by atoms with Crippen LogP contribution >= 0.6 is 11.8 Å². The van der Waals surface area contributed by atoms with E-state index in [1.54, 1.807) is 23.9 Å². The van der Waals surface area contributed by atoms with Gasteiger partial charge in [0, 0.05) is 17.2 Å². The summed E-state index contributed by atoms with van der Waals surface area (Å²) in [5.74, 6) is 1.07. The van der Waals surface area contributed by atoms with Crippen molar-refractivity contribution in [1.82, 2.24) is 5.32 Å². The van der Waals surface area contributed by atoms with Crippen LogP contribution in [0, 0.1) is 0 Å². The van der Waals surface area contributed by atoms with Gasteiger partial charge in [-0.2, -0.15) is 0 Å². The Morgan fingerprint density at radius 2 is 1.85 bits per heavy atom. The molecule has 0 amide bonds. The molecule has 0 heterocycles. The SMILES string of the molecule is CS(=O)(=O)c1ccc(SCCCNC2CCCC2)cc1. The third kappa shape index (κ3) is 5.11. The highest BCUT2D eigenvalue weighted by atomic mass is 32.2. The lowest BCUT2D eigenvalue weighted by Gasteiger charge is -2.11. The molecule has 1 aliphatic carbocycles. The minimum absolute atomic E-state index is 0.393. The summed E-state index contributed by atoms with van der Waals surface area (Å²) in [6.45, 7) is 1.08. The first-order chi connectivity index (χ1) is 9.55. The second kappa shape index (κ2) is 7.48. The first-order valence-electron chi connectivity index (χ1n) is 7.22. The summed E-state index contributed by atoms with van der Waals surface area (Å²) in [5.41, 5.74) is 0. The van der Waals surface area contributed by atoms with Crippen molar-refractivity contribution in [2.24, 2.45) is 0 Å².